The molecule has 3 heteroatoms. The molecule has 168 valence electrons. The van der Waals surface area contributed by atoms with Crippen molar-refractivity contribution in [3.63, 3.8) is 0 Å². The van der Waals surface area contributed by atoms with E-state index in [-0.39, 0.29) is 0 Å². The number of hydrogen-bond acceptors (Lipinski definition) is 3. The molecule has 1 heterocycles. The van der Waals surface area contributed by atoms with Gasteiger partial charge >= 0.3 is 0 Å². The molecule has 0 N–H and O–H groups in total. The molecule has 0 fully saturated rings. The average Bonchev–Trinajstić information content (AvgIpc) is 2.97. The van der Waals surface area contributed by atoms with Crippen molar-refractivity contribution in [1.29, 1.82) is 0 Å². The minimum atomic E-state index is 0.669. The molecule has 1 aromatic heterocycles. The first-order chi connectivity index (χ1) is 17.8. The number of hydrogen-bond donors (Lipinski definition) is 0. The third-order valence-electron chi connectivity index (χ3n) is 6.68. The van der Waals surface area contributed by atoms with Crippen molar-refractivity contribution in [3.05, 3.63) is 127 Å². The van der Waals surface area contributed by atoms with Crippen molar-refractivity contribution in [2.24, 2.45) is 0 Å². The van der Waals surface area contributed by atoms with E-state index in [1.807, 2.05) is 60.7 Å². The van der Waals surface area contributed by atoms with E-state index in [0.717, 1.165) is 16.7 Å². The summed E-state index contributed by atoms with van der Waals surface area (Å²) in [6.45, 7) is 0. The molecule has 0 spiro atoms. The van der Waals surface area contributed by atoms with Gasteiger partial charge in [-0.1, -0.05) is 121 Å². The van der Waals surface area contributed by atoms with Crippen molar-refractivity contribution >= 4 is 32.3 Å². The summed E-state index contributed by atoms with van der Waals surface area (Å²) < 4.78 is 0. The van der Waals surface area contributed by atoms with Gasteiger partial charge in [0.05, 0.1) is 0 Å². The maximum absolute atomic E-state index is 4.90. The quantitative estimate of drug-likeness (QED) is 0.249. The molecule has 7 aromatic rings. The van der Waals surface area contributed by atoms with Crippen LogP contribution in [0.3, 0.4) is 0 Å². The maximum Gasteiger partial charge on any atom is 0.164 e. The van der Waals surface area contributed by atoms with E-state index in [1.165, 1.54) is 32.3 Å². The fraction of sp³-hybridized carbons (Fsp3) is 0. The molecular weight excluding hydrogens is 438 g/mol. The summed E-state index contributed by atoms with van der Waals surface area (Å²) in [6, 6.07) is 44.0. The maximum atomic E-state index is 4.90. The highest BCUT2D eigenvalue weighted by Gasteiger charge is 2.13. The van der Waals surface area contributed by atoms with E-state index in [4.69, 9.17) is 15.0 Å². The van der Waals surface area contributed by atoms with Gasteiger partial charge in [-0.2, -0.15) is 0 Å². The zero-order chi connectivity index (χ0) is 23.9. The monoisotopic (exact) mass is 459 g/mol. The van der Waals surface area contributed by atoms with Crippen molar-refractivity contribution in [2.45, 2.75) is 0 Å². The van der Waals surface area contributed by atoms with E-state index < -0.39 is 0 Å². The van der Waals surface area contributed by atoms with Crippen molar-refractivity contribution in [1.82, 2.24) is 15.0 Å². The smallest absolute Gasteiger partial charge is 0.164 e. The molecule has 0 saturated heterocycles. The number of benzene rings is 6. The zero-order valence-corrected chi connectivity index (χ0v) is 19.5. The number of aromatic nitrogens is 3. The lowest BCUT2D eigenvalue weighted by Gasteiger charge is -2.11. The van der Waals surface area contributed by atoms with Gasteiger partial charge < -0.3 is 0 Å². The summed E-state index contributed by atoms with van der Waals surface area (Å²) in [6.07, 6.45) is 0. The Morgan fingerprint density at radius 3 is 1.50 bits per heavy atom. The molecule has 0 aliphatic heterocycles. The second-order valence-corrected chi connectivity index (χ2v) is 8.92. The Bertz CT molecular complexity index is 1820. The lowest BCUT2D eigenvalue weighted by molar-refractivity contribution is 1.07. The van der Waals surface area contributed by atoms with Crippen LogP contribution in [0, 0.1) is 0 Å². The topological polar surface area (TPSA) is 38.7 Å². The minimum Gasteiger partial charge on any atom is -0.208 e. The highest BCUT2D eigenvalue weighted by molar-refractivity contribution is 6.20. The highest BCUT2D eigenvalue weighted by atomic mass is 15.0. The molecule has 0 amide bonds. The number of rotatable bonds is 3. The van der Waals surface area contributed by atoms with E-state index in [2.05, 4.69) is 66.7 Å². The fourth-order valence-electron chi connectivity index (χ4n) is 4.91. The van der Waals surface area contributed by atoms with E-state index in [9.17, 15) is 0 Å². The molecule has 0 atom stereocenters. The Labute approximate surface area is 208 Å². The van der Waals surface area contributed by atoms with Crippen LogP contribution in [0.2, 0.25) is 0 Å². The minimum absolute atomic E-state index is 0.669. The summed E-state index contributed by atoms with van der Waals surface area (Å²) in [5.41, 5.74) is 2.91. The predicted molar refractivity (Wildman–Crippen MR) is 149 cm³/mol. The molecule has 6 aromatic carbocycles. The standard InChI is InChI=1S/C33H21N3/c1-3-10-24(11-4-1)31-34-32(25-12-5-2-6-13-25)36-33(35-31)27-19-20-29-26(21-27)18-17-23-16-15-22-9-7-8-14-28(22)30(23)29/h1-21H. The van der Waals surface area contributed by atoms with Crippen LogP contribution < -0.4 is 0 Å². The van der Waals surface area contributed by atoms with Crippen LogP contribution in [-0.4, -0.2) is 15.0 Å². The van der Waals surface area contributed by atoms with Crippen molar-refractivity contribution < 1.29 is 0 Å². The summed E-state index contributed by atoms with van der Waals surface area (Å²) in [5.74, 6) is 2.01. The normalized spacial score (nSPS) is 11.3. The molecule has 0 aliphatic rings. The van der Waals surface area contributed by atoms with Crippen molar-refractivity contribution in [2.75, 3.05) is 0 Å². The molecule has 7 rings (SSSR count). The second-order valence-electron chi connectivity index (χ2n) is 8.92. The highest BCUT2D eigenvalue weighted by Crippen LogP contribution is 2.34. The molecule has 0 unspecified atom stereocenters. The van der Waals surface area contributed by atoms with Crippen LogP contribution >= 0.6 is 0 Å². The molecule has 36 heavy (non-hydrogen) atoms. The Morgan fingerprint density at radius 2 is 0.833 bits per heavy atom. The van der Waals surface area contributed by atoms with Crippen LogP contribution in [0.1, 0.15) is 0 Å². The lowest BCUT2D eigenvalue weighted by Crippen LogP contribution is -2.00. The van der Waals surface area contributed by atoms with Gasteiger partial charge in [-0.25, -0.2) is 15.0 Å². The Balaban J connectivity index is 1.45. The third-order valence-corrected chi connectivity index (χ3v) is 6.68. The molecular formula is C33H21N3. The Kier molecular flexibility index (Phi) is 4.78. The first-order valence-corrected chi connectivity index (χ1v) is 12.0. The van der Waals surface area contributed by atoms with Crippen LogP contribution in [-0.2, 0) is 0 Å². The molecule has 3 nitrogen and oxygen atoms in total. The number of fused-ring (bicyclic) bond motifs is 5. The first-order valence-electron chi connectivity index (χ1n) is 12.0. The first kappa shape index (κ1) is 20.5. The molecule has 0 radical (unpaired) electrons. The van der Waals surface area contributed by atoms with Gasteiger partial charge in [0.1, 0.15) is 0 Å². The second kappa shape index (κ2) is 8.40. The Hall–Kier alpha value is -4.89. The summed E-state index contributed by atoms with van der Waals surface area (Å²) >= 11 is 0. The van der Waals surface area contributed by atoms with Gasteiger partial charge in [-0.05, 0) is 38.4 Å². The van der Waals surface area contributed by atoms with Gasteiger partial charge in [0.2, 0.25) is 0 Å². The van der Waals surface area contributed by atoms with Gasteiger partial charge in [-0.15, -0.1) is 0 Å². The largest absolute Gasteiger partial charge is 0.208 e. The third kappa shape index (κ3) is 3.50. The van der Waals surface area contributed by atoms with E-state index in [0.29, 0.717) is 17.5 Å². The average molecular weight is 460 g/mol. The number of nitrogens with zero attached hydrogens (tertiary/aromatic N) is 3. The lowest BCUT2D eigenvalue weighted by atomic mass is 9.95. The van der Waals surface area contributed by atoms with E-state index in [1.54, 1.807) is 0 Å². The molecule has 0 bridgehead atoms. The van der Waals surface area contributed by atoms with Crippen LogP contribution in [0.4, 0.5) is 0 Å². The molecule has 0 aliphatic carbocycles. The Morgan fingerprint density at radius 1 is 0.333 bits per heavy atom. The van der Waals surface area contributed by atoms with Gasteiger partial charge in [0.25, 0.3) is 0 Å². The van der Waals surface area contributed by atoms with Crippen molar-refractivity contribution in [3.8, 4) is 34.2 Å². The van der Waals surface area contributed by atoms with Crippen LogP contribution in [0.5, 0.6) is 0 Å². The summed E-state index contributed by atoms with van der Waals surface area (Å²) in [5, 5.41) is 7.44. The van der Waals surface area contributed by atoms with Crippen LogP contribution in [0.15, 0.2) is 127 Å². The van der Waals surface area contributed by atoms with Crippen LogP contribution in [0.25, 0.3) is 66.5 Å². The summed E-state index contributed by atoms with van der Waals surface area (Å²) in [4.78, 5) is 14.6. The summed E-state index contributed by atoms with van der Waals surface area (Å²) in [7, 11) is 0. The predicted octanol–water partition coefficient (Wildman–Crippen LogP) is 8.33. The van der Waals surface area contributed by atoms with Gasteiger partial charge in [-0.3, -0.25) is 0 Å². The molecule has 0 saturated carbocycles. The van der Waals surface area contributed by atoms with Gasteiger partial charge in [0.15, 0.2) is 17.5 Å². The van der Waals surface area contributed by atoms with E-state index >= 15 is 0 Å². The SMILES string of the molecule is c1ccc(-c2nc(-c3ccccc3)nc(-c3ccc4c(ccc5ccc6ccccc6c54)c3)n2)cc1. The van der Waals surface area contributed by atoms with Gasteiger partial charge in [0, 0.05) is 16.7 Å². The zero-order valence-electron chi connectivity index (χ0n) is 19.5. The fourth-order valence-corrected chi connectivity index (χ4v) is 4.91.